The molecule has 1 amide bonds. The fraction of sp³-hybridized carbons (Fsp3) is 0.524. The molecule has 5 heteroatoms. The van der Waals surface area contributed by atoms with Crippen LogP contribution in [0.4, 0.5) is 0 Å². The first-order valence-electron chi connectivity index (χ1n) is 9.76. The van der Waals surface area contributed by atoms with Crippen LogP contribution in [0.2, 0.25) is 0 Å². The highest BCUT2D eigenvalue weighted by atomic mass is 16.2. The zero-order valence-electron chi connectivity index (χ0n) is 15.4. The fourth-order valence-corrected chi connectivity index (χ4v) is 5.96. The lowest BCUT2D eigenvalue weighted by Crippen LogP contribution is -2.65. The summed E-state index contributed by atoms with van der Waals surface area (Å²) in [5.74, 6) is -0.0799. The molecule has 5 rings (SSSR count). The summed E-state index contributed by atoms with van der Waals surface area (Å²) in [6.07, 6.45) is 3.97. The Hall–Kier alpha value is -2.14. The monoisotopic (exact) mass is 351 g/mol. The third-order valence-corrected chi connectivity index (χ3v) is 6.97. The number of rotatable bonds is 2. The van der Waals surface area contributed by atoms with Gasteiger partial charge in [0.2, 0.25) is 5.91 Å². The van der Waals surface area contributed by atoms with Crippen LogP contribution in [0.5, 0.6) is 0 Å². The van der Waals surface area contributed by atoms with Crippen LogP contribution in [0.1, 0.15) is 55.2 Å². The molecule has 0 radical (unpaired) electrons. The summed E-state index contributed by atoms with van der Waals surface area (Å²) in [6.45, 7) is 5.81. The lowest BCUT2D eigenvalue weighted by Gasteiger charge is -2.57. The van der Waals surface area contributed by atoms with Crippen LogP contribution in [-0.2, 0) is 11.2 Å². The normalized spacial score (nSPS) is 30.3. The maximum atomic E-state index is 13.7. The van der Waals surface area contributed by atoms with E-state index in [2.05, 4.69) is 29.3 Å². The lowest BCUT2D eigenvalue weighted by molar-refractivity contribution is -0.122. The molecule has 2 aromatic rings. The van der Waals surface area contributed by atoms with Crippen molar-refractivity contribution in [1.82, 2.24) is 14.8 Å². The predicted octanol–water partition coefficient (Wildman–Crippen LogP) is 2.89. The molecule has 4 heterocycles. The van der Waals surface area contributed by atoms with Crippen LogP contribution < -0.4 is 5.32 Å². The van der Waals surface area contributed by atoms with Gasteiger partial charge >= 0.3 is 0 Å². The van der Waals surface area contributed by atoms with Gasteiger partial charge in [0.1, 0.15) is 6.04 Å². The molecule has 5 nitrogen and oxygen atoms in total. The van der Waals surface area contributed by atoms with Crippen molar-refractivity contribution < 1.29 is 9.59 Å². The largest absolute Gasteiger partial charge is 0.344 e. The first-order valence-corrected chi connectivity index (χ1v) is 9.76. The Morgan fingerprint density at radius 2 is 2.12 bits per heavy atom. The number of carbonyl (C=O) groups excluding carboxylic acids is 2. The number of amides is 1. The number of nitrogens with zero attached hydrogens (tertiary/aromatic N) is 2. The Kier molecular flexibility index (Phi) is 3.35. The van der Waals surface area contributed by atoms with E-state index in [1.54, 1.807) is 0 Å². The second kappa shape index (κ2) is 5.43. The molecule has 1 fully saturated rings. The highest BCUT2D eigenvalue weighted by Gasteiger charge is 2.58. The Labute approximate surface area is 153 Å². The zero-order chi connectivity index (χ0) is 18.1. The molecule has 3 atom stereocenters. The van der Waals surface area contributed by atoms with E-state index in [1.807, 2.05) is 16.7 Å². The Bertz CT molecular complexity index is 931. The summed E-state index contributed by atoms with van der Waals surface area (Å²) < 4.78 is 1.93. The Morgan fingerprint density at radius 1 is 1.31 bits per heavy atom. The molecule has 26 heavy (non-hydrogen) atoms. The van der Waals surface area contributed by atoms with Gasteiger partial charge in [0, 0.05) is 30.0 Å². The molecule has 0 aliphatic carbocycles. The van der Waals surface area contributed by atoms with Gasteiger partial charge in [-0.2, -0.15) is 0 Å². The molecule has 1 N–H and O–H groups in total. The number of nitrogens with one attached hydrogen (secondary N) is 1. The maximum absolute atomic E-state index is 13.7. The first-order chi connectivity index (χ1) is 12.6. The van der Waals surface area contributed by atoms with Gasteiger partial charge in [-0.05, 0) is 43.9 Å². The van der Waals surface area contributed by atoms with Gasteiger partial charge in [-0.1, -0.05) is 25.1 Å². The molecule has 1 saturated heterocycles. The van der Waals surface area contributed by atoms with Gasteiger partial charge in [-0.15, -0.1) is 0 Å². The van der Waals surface area contributed by atoms with Gasteiger partial charge in [-0.3, -0.25) is 19.1 Å². The molecular weight excluding hydrogens is 326 g/mol. The number of para-hydroxylation sites is 1. The van der Waals surface area contributed by atoms with Crippen LogP contribution in [0.3, 0.4) is 0 Å². The van der Waals surface area contributed by atoms with Crippen LogP contribution >= 0.6 is 0 Å². The van der Waals surface area contributed by atoms with Gasteiger partial charge in [0.05, 0.1) is 11.6 Å². The number of aromatic nitrogens is 1. The molecule has 0 unspecified atom stereocenters. The number of benzene rings is 1. The summed E-state index contributed by atoms with van der Waals surface area (Å²) >= 11 is 0. The molecule has 3 aliphatic heterocycles. The second-order valence-corrected chi connectivity index (χ2v) is 8.07. The molecular formula is C21H25N3O2. The maximum Gasteiger partial charge on any atom is 0.254 e. The summed E-state index contributed by atoms with van der Waals surface area (Å²) in [5, 5.41) is 4.25. The van der Waals surface area contributed by atoms with Crippen molar-refractivity contribution in [3.8, 4) is 0 Å². The van der Waals surface area contributed by atoms with Crippen molar-refractivity contribution in [3.05, 3.63) is 35.5 Å². The van der Waals surface area contributed by atoms with E-state index in [4.69, 9.17) is 0 Å². The molecule has 0 saturated carbocycles. The van der Waals surface area contributed by atoms with Gasteiger partial charge in [0.25, 0.3) is 5.91 Å². The average molecular weight is 351 g/mol. The molecule has 0 spiro atoms. The number of hydrogen-bond donors (Lipinski definition) is 1. The quantitative estimate of drug-likeness (QED) is 0.905. The molecule has 1 aromatic heterocycles. The van der Waals surface area contributed by atoms with Gasteiger partial charge in [-0.25, -0.2) is 0 Å². The minimum absolute atomic E-state index is 0.0412. The summed E-state index contributed by atoms with van der Waals surface area (Å²) in [6, 6.07) is 8.00. The molecule has 1 aromatic carbocycles. The fourth-order valence-electron chi connectivity index (χ4n) is 5.96. The minimum Gasteiger partial charge on any atom is -0.344 e. The van der Waals surface area contributed by atoms with E-state index in [9.17, 15) is 9.59 Å². The number of fused-ring (bicyclic) bond motifs is 3. The first kappa shape index (κ1) is 16.1. The van der Waals surface area contributed by atoms with Crippen LogP contribution in [0.25, 0.3) is 10.9 Å². The topological polar surface area (TPSA) is 54.3 Å². The minimum atomic E-state index is -0.452. The van der Waals surface area contributed by atoms with E-state index >= 15 is 0 Å². The van der Waals surface area contributed by atoms with Gasteiger partial charge < -0.3 is 5.32 Å². The number of piperidine rings is 1. The van der Waals surface area contributed by atoms with E-state index in [1.165, 1.54) is 23.6 Å². The highest BCUT2D eigenvalue weighted by Crippen LogP contribution is 2.56. The Morgan fingerprint density at radius 3 is 2.88 bits per heavy atom. The number of hydrogen-bond acceptors (Lipinski definition) is 3. The van der Waals surface area contributed by atoms with E-state index in [0.29, 0.717) is 0 Å². The highest BCUT2D eigenvalue weighted by molar-refractivity contribution is 6.01. The predicted molar refractivity (Wildman–Crippen MR) is 100 cm³/mol. The second-order valence-electron chi connectivity index (χ2n) is 8.07. The van der Waals surface area contributed by atoms with Crippen molar-refractivity contribution >= 4 is 22.7 Å². The zero-order valence-corrected chi connectivity index (χ0v) is 15.4. The molecule has 0 bridgehead atoms. The third-order valence-electron chi connectivity index (χ3n) is 6.97. The molecule has 3 aliphatic rings. The van der Waals surface area contributed by atoms with Crippen molar-refractivity contribution in [2.75, 3.05) is 13.1 Å². The van der Waals surface area contributed by atoms with E-state index in [0.717, 1.165) is 44.3 Å². The summed E-state index contributed by atoms with van der Waals surface area (Å²) in [5.41, 5.74) is 3.33. The molecule has 136 valence electrons. The van der Waals surface area contributed by atoms with Crippen molar-refractivity contribution in [3.63, 3.8) is 0 Å². The summed E-state index contributed by atoms with van der Waals surface area (Å²) in [7, 11) is 0. The van der Waals surface area contributed by atoms with Crippen LogP contribution in [0.15, 0.2) is 24.3 Å². The van der Waals surface area contributed by atoms with Crippen molar-refractivity contribution in [2.24, 2.45) is 5.41 Å². The lowest BCUT2D eigenvalue weighted by atomic mass is 9.61. The van der Waals surface area contributed by atoms with Crippen molar-refractivity contribution in [2.45, 2.75) is 51.6 Å². The third kappa shape index (κ3) is 1.84. The average Bonchev–Trinajstić information content (AvgIpc) is 2.99. The van der Waals surface area contributed by atoms with E-state index in [-0.39, 0.29) is 23.3 Å². The smallest absolute Gasteiger partial charge is 0.254 e. The van der Waals surface area contributed by atoms with E-state index < -0.39 is 6.04 Å². The number of carbonyl (C=O) groups is 2. The van der Waals surface area contributed by atoms with Crippen LogP contribution in [-0.4, -0.2) is 40.4 Å². The SMILES string of the molecule is CC[C@]12CCCN3CCc4c(n(c5ccccc45)C(=O)[C@H]1NC(C)=O)[C@@H]32. The summed E-state index contributed by atoms with van der Waals surface area (Å²) in [4.78, 5) is 28.2. The van der Waals surface area contributed by atoms with Crippen molar-refractivity contribution in [1.29, 1.82) is 0 Å². The van der Waals surface area contributed by atoms with Gasteiger partial charge in [0.15, 0.2) is 0 Å². The standard InChI is InChI=1S/C21H25N3O2/c1-3-21-10-6-11-23-12-9-15-14-7-4-5-8-16(14)24(17(15)19(21)23)20(26)18(21)22-13(2)25/h4-5,7-8,18-19H,3,6,9-12H2,1-2H3,(H,22,25)/t18-,19-,21+/m1/s1. The Balaban J connectivity index is 1.85. The van der Waals surface area contributed by atoms with Crippen LogP contribution in [0, 0.1) is 5.41 Å².